The van der Waals surface area contributed by atoms with Crippen LogP contribution in [0.3, 0.4) is 0 Å². The van der Waals surface area contributed by atoms with Gasteiger partial charge in [-0.1, -0.05) is 19.3 Å². The zero-order valence-electron chi connectivity index (χ0n) is 8.95. The first-order valence-corrected chi connectivity index (χ1v) is 5.72. The molecule has 1 atom stereocenters. The first kappa shape index (κ1) is 10.6. The number of hydrogen-bond acceptors (Lipinski definition) is 3. The summed E-state index contributed by atoms with van der Waals surface area (Å²) >= 11 is 0. The Morgan fingerprint density at radius 3 is 2.40 bits per heavy atom. The number of nitrogens with zero attached hydrogens (tertiary/aromatic N) is 1. The van der Waals surface area contributed by atoms with Crippen molar-refractivity contribution in [1.82, 2.24) is 4.90 Å². The second-order valence-electron chi connectivity index (χ2n) is 4.68. The van der Waals surface area contributed by atoms with E-state index in [4.69, 9.17) is 5.73 Å². The Balaban J connectivity index is 2.11. The summed E-state index contributed by atoms with van der Waals surface area (Å²) in [6.45, 7) is 0.840. The molecule has 0 aromatic rings. The third-order valence-corrected chi connectivity index (χ3v) is 3.86. The van der Waals surface area contributed by atoms with Crippen LogP contribution in [-0.4, -0.2) is 35.2 Å². The van der Waals surface area contributed by atoms with Crippen molar-refractivity contribution in [2.24, 2.45) is 5.73 Å². The van der Waals surface area contributed by atoms with Gasteiger partial charge in [-0.3, -0.25) is 9.69 Å². The second-order valence-corrected chi connectivity index (χ2v) is 4.68. The molecule has 0 radical (unpaired) electrons. The van der Waals surface area contributed by atoms with Gasteiger partial charge in [0.25, 0.3) is 0 Å². The van der Waals surface area contributed by atoms with Crippen LogP contribution >= 0.6 is 0 Å². The van der Waals surface area contributed by atoms with Crippen molar-refractivity contribution in [3.63, 3.8) is 0 Å². The molecule has 0 aromatic heterocycles. The molecule has 1 aliphatic carbocycles. The smallest absolute Gasteiger partial charge is 0.234 e. The number of amides is 1. The summed E-state index contributed by atoms with van der Waals surface area (Å²) in [6, 6.07) is -0.201. The highest BCUT2D eigenvalue weighted by Crippen LogP contribution is 2.37. The number of likely N-dealkylation sites (tertiary alicyclic amines) is 1. The molecule has 4 heteroatoms. The Morgan fingerprint density at radius 1 is 1.33 bits per heavy atom. The van der Waals surface area contributed by atoms with E-state index in [-0.39, 0.29) is 17.5 Å². The van der Waals surface area contributed by atoms with Crippen LogP contribution in [0.1, 0.15) is 38.5 Å². The Morgan fingerprint density at radius 2 is 2.00 bits per heavy atom. The summed E-state index contributed by atoms with van der Waals surface area (Å²) in [5, 5.41) is 0. The van der Waals surface area contributed by atoms with Crippen LogP contribution in [0.2, 0.25) is 0 Å². The maximum absolute atomic E-state index is 11.3. The Kier molecular flexibility index (Phi) is 2.78. The van der Waals surface area contributed by atoms with Crippen molar-refractivity contribution >= 4 is 12.2 Å². The van der Waals surface area contributed by atoms with Crippen LogP contribution in [0.5, 0.6) is 0 Å². The van der Waals surface area contributed by atoms with E-state index in [1.807, 2.05) is 4.90 Å². The van der Waals surface area contributed by atoms with Crippen molar-refractivity contribution in [2.45, 2.75) is 50.1 Å². The average molecular weight is 210 g/mol. The van der Waals surface area contributed by atoms with Crippen molar-refractivity contribution in [3.8, 4) is 0 Å². The van der Waals surface area contributed by atoms with Gasteiger partial charge in [-0.15, -0.1) is 0 Å². The van der Waals surface area contributed by atoms with E-state index < -0.39 is 0 Å². The topological polar surface area (TPSA) is 63.4 Å². The minimum absolute atomic E-state index is 0.201. The van der Waals surface area contributed by atoms with Gasteiger partial charge in [-0.05, 0) is 19.3 Å². The second kappa shape index (κ2) is 3.93. The molecular formula is C11H18N2O2. The molecule has 2 rings (SSSR count). The van der Waals surface area contributed by atoms with E-state index in [0.717, 1.165) is 44.9 Å². The molecular weight excluding hydrogens is 192 g/mol. The van der Waals surface area contributed by atoms with E-state index in [1.165, 1.54) is 6.42 Å². The molecule has 84 valence electrons. The van der Waals surface area contributed by atoms with E-state index in [9.17, 15) is 9.59 Å². The maximum Gasteiger partial charge on any atom is 0.234 e. The molecule has 15 heavy (non-hydrogen) atoms. The largest absolute Gasteiger partial charge is 0.368 e. The van der Waals surface area contributed by atoms with Gasteiger partial charge in [0.1, 0.15) is 6.29 Å². The van der Waals surface area contributed by atoms with Crippen LogP contribution in [0.15, 0.2) is 0 Å². The predicted molar refractivity (Wildman–Crippen MR) is 56.2 cm³/mol. The SMILES string of the molecule is NC(=O)C1CCN1C1(C=O)CCCCC1. The van der Waals surface area contributed by atoms with E-state index in [0.29, 0.717) is 0 Å². The maximum atomic E-state index is 11.3. The first-order chi connectivity index (χ1) is 7.19. The summed E-state index contributed by atoms with van der Waals surface area (Å²) in [6.07, 6.45) is 7.00. The lowest BCUT2D eigenvalue weighted by atomic mass is 9.78. The number of nitrogens with two attached hydrogens (primary N) is 1. The summed E-state index contributed by atoms with van der Waals surface area (Å²) in [7, 11) is 0. The quantitative estimate of drug-likeness (QED) is 0.688. The predicted octanol–water partition coefficient (Wildman–Crippen LogP) is 0.448. The molecule has 1 amide bonds. The van der Waals surface area contributed by atoms with Crippen LogP contribution < -0.4 is 5.73 Å². The molecule has 0 spiro atoms. The molecule has 2 aliphatic rings. The molecule has 1 heterocycles. The fourth-order valence-electron chi connectivity index (χ4n) is 2.85. The molecule has 2 fully saturated rings. The zero-order chi connectivity index (χ0) is 10.9. The molecule has 1 saturated heterocycles. The monoisotopic (exact) mass is 210 g/mol. The lowest BCUT2D eigenvalue weighted by Gasteiger charge is -2.51. The summed E-state index contributed by atoms with van der Waals surface area (Å²) in [5.74, 6) is -0.284. The fourth-order valence-corrected chi connectivity index (χ4v) is 2.85. The van der Waals surface area contributed by atoms with Gasteiger partial charge in [0.05, 0.1) is 11.6 Å². The molecule has 1 unspecified atom stereocenters. The van der Waals surface area contributed by atoms with Crippen LogP contribution in [0.4, 0.5) is 0 Å². The molecule has 0 aromatic carbocycles. The van der Waals surface area contributed by atoms with Gasteiger partial charge in [0.15, 0.2) is 0 Å². The van der Waals surface area contributed by atoms with Gasteiger partial charge in [-0.25, -0.2) is 0 Å². The molecule has 1 saturated carbocycles. The molecule has 1 aliphatic heterocycles. The Labute approximate surface area is 89.8 Å². The van der Waals surface area contributed by atoms with Crippen LogP contribution in [0, 0.1) is 0 Å². The fraction of sp³-hybridized carbons (Fsp3) is 0.818. The van der Waals surface area contributed by atoms with E-state index in [2.05, 4.69) is 0 Å². The number of carbonyl (C=O) groups is 2. The summed E-state index contributed by atoms with van der Waals surface area (Å²) in [4.78, 5) is 24.5. The number of primary amides is 1. The molecule has 4 nitrogen and oxygen atoms in total. The third-order valence-electron chi connectivity index (χ3n) is 3.86. The van der Waals surface area contributed by atoms with Gasteiger partial charge in [0, 0.05) is 6.54 Å². The zero-order valence-corrected chi connectivity index (χ0v) is 8.95. The van der Waals surface area contributed by atoms with Crippen molar-refractivity contribution < 1.29 is 9.59 Å². The van der Waals surface area contributed by atoms with E-state index >= 15 is 0 Å². The van der Waals surface area contributed by atoms with Gasteiger partial charge < -0.3 is 10.5 Å². The highest BCUT2D eigenvalue weighted by atomic mass is 16.1. The van der Waals surface area contributed by atoms with Gasteiger partial charge >= 0.3 is 0 Å². The van der Waals surface area contributed by atoms with Crippen LogP contribution in [0.25, 0.3) is 0 Å². The summed E-state index contributed by atoms with van der Waals surface area (Å²) < 4.78 is 0. The molecule has 0 bridgehead atoms. The van der Waals surface area contributed by atoms with Crippen molar-refractivity contribution in [2.75, 3.05) is 6.54 Å². The highest BCUT2D eigenvalue weighted by Gasteiger charge is 2.47. The highest BCUT2D eigenvalue weighted by molar-refractivity contribution is 5.82. The Bertz CT molecular complexity index is 272. The minimum Gasteiger partial charge on any atom is -0.368 e. The lowest BCUT2D eigenvalue weighted by molar-refractivity contribution is -0.141. The Hall–Kier alpha value is -0.900. The minimum atomic E-state index is -0.379. The normalized spacial score (nSPS) is 30.5. The number of hydrogen-bond donors (Lipinski definition) is 1. The van der Waals surface area contributed by atoms with Crippen LogP contribution in [-0.2, 0) is 9.59 Å². The first-order valence-electron chi connectivity index (χ1n) is 5.72. The number of aldehydes is 1. The van der Waals surface area contributed by atoms with E-state index in [1.54, 1.807) is 0 Å². The van der Waals surface area contributed by atoms with Crippen molar-refractivity contribution in [3.05, 3.63) is 0 Å². The van der Waals surface area contributed by atoms with Gasteiger partial charge in [0.2, 0.25) is 5.91 Å². The number of rotatable bonds is 3. The standard InChI is InChI=1S/C11H18N2O2/c12-10(15)9-4-7-13(9)11(8-14)5-2-1-3-6-11/h8-9H,1-7H2,(H2,12,15). The third kappa shape index (κ3) is 1.67. The van der Waals surface area contributed by atoms with Gasteiger partial charge in [-0.2, -0.15) is 0 Å². The average Bonchev–Trinajstić information content (AvgIpc) is 2.16. The number of carbonyl (C=O) groups excluding carboxylic acids is 2. The lowest BCUT2D eigenvalue weighted by Crippen LogP contribution is -2.66. The summed E-state index contributed by atoms with van der Waals surface area (Å²) in [5.41, 5.74) is 4.93. The molecule has 2 N–H and O–H groups in total. The van der Waals surface area contributed by atoms with Crippen molar-refractivity contribution in [1.29, 1.82) is 0 Å².